The van der Waals surface area contributed by atoms with Crippen molar-refractivity contribution in [3.63, 3.8) is 0 Å². The fourth-order valence-corrected chi connectivity index (χ4v) is 1.31. The number of hydrogen-bond acceptors (Lipinski definition) is 4. The minimum Gasteiger partial charge on any atom is -0.368 e. The van der Waals surface area contributed by atoms with Crippen molar-refractivity contribution in [3.8, 4) is 0 Å². The van der Waals surface area contributed by atoms with Crippen molar-refractivity contribution in [3.05, 3.63) is 34.9 Å². The molecule has 8 heteroatoms. The molecule has 0 saturated carbocycles. The molecule has 0 spiro atoms. The van der Waals surface area contributed by atoms with Gasteiger partial charge < -0.3 is 11.1 Å². The van der Waals surface area contributed by atoms with E-state index >= 15 is 0 Å². The van der Waals surface area contributed by atoms with Gasteiger partial charge in [0.25, 0.3) is 11.8 Å². The molecule has 0 aliphatic carbocycles. The van der Waals surface area contributed by atoms with E-state index in [0.29, 0.717) is 10.6 Å². The summed E-state index contributed by atoms with van der Waals surface area (Å²) in [4.78, 5) is 37.6. The number of carbonyl (C=O) groups excluding carboxylic acids is 3. The summed E-state index contributed by atoms with van der Waals surface area (Å²) < 4.78 is 0. The lowest BCUT2D eigenvalue weighted by molar-refractivity contribution is -0.137. The average molecular weight is 286 g/mol. The number of rotatable bonds is 6. The zero-order valence-electron chi connectivity index (χ0n) is 9.81. The molecule has 0 aliphatic rings. The molecule has 0 aromatic heterocycles. The lowest BCUT2D eigenvalue weighted by Gasteiger charge is -2.06. The first-order valence-electron chi connectivity index (χ1n) is 5.21. The van der Waals surface area contributed by atoms with Gasteiger partial charge in [-0.25, -0.2) is 5.48 Å². The Morgan fingerprint density at radius 3 is 2.68 bits per heavy atom. The predicted octanol–water partition coefficient (Wildman–Crippen LogP) is -0.397. The van der Waals surface area contributed by atoms with E-state index < -0.39 is 24.3 Å². The summed E-state index contributed by atoms with van der Waals surface area (Å²) in [7, 11) is 0. The van der Waals surface area contributed by atoms with Gasteiger partial charge in [0.05, 0.1) is 6.54 Å². The van der Waals surface area contributed by atoms with E-state index in [1.165, 1.54) is 6.07 Å². The zero-order valence-corrected chi connectivity index (χ0v) is 10.6. The topological polar surface area (TPSA) is 111 Å². The van der Waals surface area contributed by atoms with Gasteiger partial charge in [-0.1, -0.05) is 17.7 Å². The first-order valence-corrected chi connectivity index (χ1v) is 5.59. The SMILES string of the molecule is NC(=O)CONC(=O)CNC(=O)c1cccc(Cl)c1. The molecule has 1 aromatic rings. The minimum absolute atomic E-state index is 0.301. The molecule has 1 rings (SSSR count). The summed E-state index contributed by atoms with van der Waals surface area (Å²) >= 11 is 5.73. The first kappa shape index (κ1) is 14.9. The maximum atomic E-state index is 11.6. The molecule has 19 heavy (non-hydrogen) atoms. The summed E-state index contributed by atoms with van der Waals surface area (Å²) in [6, 6.07) is 6.27. The van der Waals surface area contributed by atoms with E-state index in [1.54, 1.807) is 18.2 Å². The molecule has 3 amide bonds. The number of amides is 3. The normalized spacial score (nSPS) is 9.74. The highest BCUT2D eigenvalue weighted by Crippen LogP contribution is 2.10. The van der Waals surface area contributed by atoms with Gasteiger partial charge in [0, 0.05) is 10.6 Å². The van der Waals surface area contributed by atoms with Crippen molar-refractivity contribution >= 4 is 29.3 Å². The highest BCUT2D eigenvalue weighted by Gasteiger charge is 2.08. The number of primary amides is 1. The Bertz CT molecular complexity index is 493. The van der Waals surface area contributed by atoms with E-state index in [4.69, 9.17) is 17.3 Å². The van der Waals surface area contributed by atoms with Crippen molar-refractivity contribution in [1.82, 2.24) is 10.8 Å². The molecule has 0 fully saturated rings. The van der Waals surface area contributed by atoms with E-state index in [1.807, 2.05) is 5.48 Å². The number of benzene rings is 1. The van der Waals surface area contributed by atoms with Gasteiger partial charge in [0.15, 0.2) is 6.61 Å². The lowest BCUT2D eigenvalue weighted by Crippen LogP contribution is -2.38. The highest BCUT2D eigenvalue weighted by atomic mass is 35.5. The smallest absolute Gasteiger partial charge is 0.262 e. The standard InChI is InChI=1S/C11H12ClN3O4/c12-8-3-1-2-7(4-8)11(18)14-5-10(17)15-19-6-9(13)16/h1-4H,5-6H2,(H2,13,16)(H,14,18)(H,15,17). The van der Waals surface area contributed by atoms with E-state index in [9.17, 15) is 14.4 Å². The van der Waals surface area contributed by atoms with Crippen LogP contribution >= 0.6 is 11.6 Å². The maximum Gasteiger partial charge on any atom is 0.262 e. The molecule has 0 heterocycles. The van der Waals surface area contributed by atoms with E-state index in [0.717, 1.165) is 0 Å². The van der Waals surface area contributed by atoms with Gasteiger partial charge in [0.1, 0.15) is 0 Å². The minimum atomic E-state index is -0.719. The Balaban J connectivity index is 2.34. The third kappa shape index (κ3) is 5.84. The molecule has 1 aromatic carbocycles. The third-order valence-electron chi connectivity index (χ3n) is 1.90. The molecule has 0 saturated heterocycles. The second-order valence-corrected chi connectivity index (χ2v) is 3.91. The molecule has 0 bridgehead atoms. The molecular weight excluding hydrogens is 274 g/mol. The Hall–Kier alpha value is -2.12. The first-order chi connectivity index (χ1) is 8.99. The molecule has 4 N–H and O–H groups in total. The number of nitrogens with one attached hydrogen (secondary N) is 2. The van der Waals surface area contributed by atoms with Crippen LogP contribution < -0.4 is 16.5 Å². The van der Waals surface area contributed by atoms with Crippen LogP contribution in [0.5, 0.6) is 0 Å². The van der Waals surface area contributed by atoms with Crippen LogP contribution in [0.25, 0.3) is 0 Å². The van der Waals surface area contributed by atoms with E-state index in [-0.39, 0.29) is 6.54 Å². The van der Waals surface area contributed by atoms with Crippen LogP contribution in [-0.4, -0.2) is 30.9 Å². The van der Waals surface area contributed by atoms with Crippen LogP contribution in [-0.2, 0) is 14.4 Å². The quantitative estimate of drug-likeness (QED) is 0.618. The maximum absolute atomic E-state index is 11.6. The monoisotopic (exact) mass is 285 g/mol. The molecular formula is C11H12ClN3O4. The molecule has 102 valence electrons. The zero-order chi connectivity index (χ0) is 14.3. The van der Waals surface area contributed by atoms with Crippen molar-refractivity contribution in [2.75, 3.05) is 13.2 Å². The fraction of sp³-hybridized carbons (Fsp3) is 0.182. The number of hydroxylamine groups is 1. The largest absolute Gasteiger partial charge is 0.368 e. The summed E-state index contributed by atoms with van der Waals surface area (Å²) in [5, 5.41) is 2.78. The average Bonchev–Trinajstić information content (AvgIpc) is 2.35. The predicted molar refractivity (Wildman–Crippen MR) is 67.1 cm³/mol. The second kappa shape index (κ2) is 7.34. The van der Waals surface area contributed by atoms with Crippen LogP contribution in [0, 0.1) is 0 Å². The van der Waals surface area contributed by atoms with Crippen molar-refractivity contribution in [2.24, 2.45) is 5.73 Å². The van der Waals surface area contributed by atoms with Gasteiger partial charge in [-0.2, -0.15) is 0 Å². The lowest BCUT2D eigenvalue weighted by atomic mass is 10.2. The van der Waals surface area contributed by atoms with Crippen LogP contribution in [0.3, 0.4) is 0 Å². The molecule has 0 radical (unpaired) electrons. The van der Waals surface area contributed by atoms with Gasteiger partial charge in [0.2, 0.25) is 5.91 Å². The van der Waals surface area contributed by atoms with Gasteiger partial charge in [-0.05, 0) is 18.2 Å². The van der Waals surface area contributed by atoms with Crippen LogP contribution in [0.2, 0.25) is 5.02 Å². The van der Waals surface area contributed by atoms with Crippen LogP contribution in [0.15, 0.2) is 24.3 Å². The van der Waals surface area contributed by atoms with Gasteiger partial charge >= 0.3 is 0 Å². The number of carbonyl (C=O) groups is 3. The molecule has 0 aliphatic heterocycles. The molecule has 0 atom stereocenters. The highest BCUT2D eigenvalue weighted by molar-refractivity contribution is 6.30. The summed E-state index contributed by atoms with van der Waals surface area (Å²) in [5.74, 6) is -1.78. The second-order valence-electron chi connectivity index (χ2n) is 3.47. The van der Waals surface area contributed by atoms with Gasteiger partial charge in [-0.3, -0.25) is 19.2 Å². The Morgan fingerprint density at radius 1 is 1.32 bits per heavy atom. The Labute approximate surface area is 114 Å². The number of halogens is 1. The van der Waals surface area contributed by atoms with Gasteiger partial charge in [-0.15, -0.1) is 0 Å². The van der Waals surface area contributed by atoms with Crippen LogP contribution in [0.1, 0.15) is 10.4 Å². The summed E-state index contributed by atoms with van der Waals surface area (Å²) in [5.41, 5.74) is 7.08. The number of hydrogen-bond donors (Lipinski definition) is 3. The van der Waals surface area contributed by atoms with Crippen molar-refractivity contribution in [2.45, 2.75) is 0 Å². The summed E-state index contributed by atoms with van der Waals surface area (Å²) in [6.07, 6.45) is 0. The fourth-order valence-electron chi connectivity index (χ4n) is 1.12. The molecule has 7 nitrogen and oxygen atoms in total. The summed E-state index contributed by atoms with van der Waals surface area (Å²) in [6.45, 7) is -0.738. The van der Waals surface area contributed by atoms with E-state index in [2.05, 4.69) is 10.2 Å². The molecule has 0 unspecified atom stereocenters. The van der Waals surface area contributed by atoms with Crippen molar-refractivity contribution in [1.29, 1.82) is 0 Å². The third-order valence-corrected chi connectivity index (χ3v) is 2.13. The van der Waals surface area contributed by atoms with Crippen molar-refractivity contribution < 1.29 is 19.2 Å². The number of nitrogens with two attached hydrogens (primary N) is 1. The Morgan fingerprint density at radius 2 is 2.05 bits per heavy atom. The van der Waals surface area contributed by atoms with Crippen LogP contribution in [0.4, 0.5) is 0 Å². The Kier molecular flexibility index (Phi) is 5.77.